The zero-order chi connectivity index (χ0) is 14.8. The summed E-state index contributed by atoms with van der Waals surface area (Å²) in [5.74, 6) is -0.165. The van der Waals surface area contributed by atoms with Crippen molar-refractivity contribution < 1.29 is 4.79 Å². The van der Waals surface area contributed by atoms with Gasteiger partial charge in [-0.3, -0.25) is 4.79 Å². The van der Waals surface area contributed by atoms with Crippen LogP contribution in [0, 0.1) is 0 Å². The molecule has 0 spiro atoms. The zero-order valence-corrected chi connectivity index (χ0v) is 12.5. The topological polar surface area (TPSA) is 44.9 Å². The summed E-state index contributed by atoms with van der Waals surface area (Å²) in [4.78, 5) is 15.2. The van der Waals surface area contributed by atoms with Gasteiger partial charge in [0.15, 0.2) is 0 Å². The largest absolute Gasteiger partial charge is 0.351 e. The van der Waals surface area contributed by atoms with Crippen LogP contribution >= 0.6 is 23.2 Å². The Hall–Kier alpha value is -1.97. The minimum Gasteiger partial charge on any atom is -0.351 e. The van der Waals surface area contributed by atoms with E-state index >= 15 is 0 Å². The van der Waals surface area contributed by atoms with E-state index < -0.39 is 0 Å². The van der Waals surface area contributed by atoms with Crippen molar-refractivity contribution in [1.82, 2.24) is 10.3 Å². The number of carbonyl (C=O) groups is 1. The van der Waals surface area contributed by atoms with Crippen molar-refractivity contribution in [3.8, 4) is 0 Å². The van der Waals surface area contributed by atoms with E-state index in [0.717, 1.165) is 16.5 Å². The van der Waals surface area contributed by atoms with Crippen LogP contribution in [0.2, 0.25) is 10.0 Å². The third kappa shape index (κ3) is 3.20. The van der Waals surface area contributed by atoms with Crippen molar-refractivity contribution in [2.75, 3.05) is 0 Å². The first kappa shape index (κ1) is 14.0. The number of nitrogens with one attached hydrogen (secondary N) is 2. The van der Waals surface area contributed by atoms with Crippen molar-refractivity contribution in [3.05, 3.63) is 69.8 Å². The average Bonchev–Trinajstić information content (AvgIpc) is 2.88. The molecule has 106 valence electrons. The van der Waals surface area contributed by atoms with E-state index in [0.29, 0.717) is 22.3 Å². The second-order valence-electron chi connectivity index (χ2n) is 4.73. The number of hydrogen-bond acceptors (Lipinski definition) is 1. The highest BCUT2D eigenvalue weighted by Gasteiger charge is 2.09. The van der Waals surface area contributed by atoms with Crippen LogP contribution < -0.4 is 5.32 Å². The summed E-state index contributed by atoms with van der Waals surface area (Å²) in [5, 5.41) is 5.07. The van der Waals surface area contributed by atoms with Gasteiger partial charge in [-0.2, -0.15) is 0 Å². The first-order valence-electron chi connectivity index (χ1n) is 6.43. The molecule has 3 aromatic rings. The number of H-pyrrole nitrogens is 1. The number of aromatic amines is 1. The Morgan fingerprint density at radius 3 is 2.67 bits per heavy atom. The van der Waals surface area contributed by atoms with Crippen LogP contribution in [0.4, 0.5) is 0 Å². The normalized spacial score (nSPS) is 10.8. The van der Waals surface area contributed by atoms with Crippen LogP contribution in [-0.4, -0.2) is 10.9 Å². The average molecular weight is 319 g/mol. The summed E-state index contributed by atoms with van der Waals surface area (Å²) in [5.41, 5.74) is 2.34. The molecule has 0 saturated carbocycles. The lowest BCUT2D eigenvalue weighted by Crippen LogP contribution is -2.23. The highest BCUT2D eigenvalue weighted by molar-refractivity contribution is 6.31. The van der Waals surface area contributed by atoms with Gasteiger partial charge in [-0.25, -0.2) is 0 Å². The van der Waals surface area contributed by atoms with Crippen LogP contribution in [0.15, 0.2) is 48.5 Å². The van der Waals surface area contributed by atoms with Gasteiger partial charge in [0.05, 0.1) is 0 Å². The third-order valence-corrected chi connectivity index (χ3v) is 3.64. The van der Waals surface area contributed by atoms with Crippen LogP contribution in [0.25, 0.3) is 10.9 Å². The Bertz CT molecular complexity index is 811. The molecule has 0 atom stereocenters. The zero-order valence-electron chi connectivity index (χ0n) is 11.0. The summed E-state index contributed by atoms with van der Waals surface area (Å²) < 4.78 is 0. The SMILES string of the molecule is O=C(NCc1cccc(Cl)c1)c1cc2cc(Cl)ccc2[nH]1. The number of amides is 1. The first-order valence-corrected chi connectivity index (χ1v) is 7.18. The quantitative estimate of drug-likeness (QED) is 0.738. The Kier molecular flexibility index (Phi) is 3.86. The second-order valence-corrected chi connectivity index (χ2v) is 5.60. The fourth-order valence-corrected chi connectivity index (χ4v) is 2.54. The minimum absolute atomic E-state index is 0.165. The molecule has 0 bridgehead atoms. The molecule has 1 amide bonds. The lowest BCUT2D eigenvalue weighted by atomic mass is 10.2. The number of benzene rings is 2. The van der Waals surface area contributed by atoms with E-state index in [9.17, 15) is 4.79 Å². The Morgan fingerprint density at radius 1 is 1.05 bits per heavy atom. The molecule has 0 aliphatic carbocycles. The maximum Gasteiger partial charge on any atom is 0.267 e. The molecule has 0 aliphatic rings. The maximum atomic E-state index is 12.1. The lowest BCUT2D eigenvalue weighted by Gasteiger charge is -2.04. The van der Waals surface area contributed by atoms with Crippen molar-refractivity contribution in [2.24, 2.45) is 0 Å². The molecule has 0 saturated heterocycles. The number of fused-ring (bicyclic) bond motifs is 1. The van der Waals surface area contributed by atoms with Crippen LogP contribution in [0.3, 0.4) is 0 Å². The summed E-state index contributed by atoms with van der Waals surface area (Å²) >= 11 is 11.9. The molecule has 0 unspecified atom stereocenters. The highest BCUT2D eigenvalue weighted by Crippen LogP contribution is 2.20. The van der Waals surface area contributed by atoms with E-state index in [4.69, 9.17) is 23.2 Å². The molecule has 2 N–H and O–H groups in total. The van der Waals surface area contributed by atoms with Gasteiger partial charge in [-0.05, 0) is 42.0 Å². The molecular formula is C16H12Cl2N2O. The van der Waals surface area contributed by atoms with E-state index in [1.165, 1.54) is 0 Å². The predicted molar refractivity (Wildman–Crippen MR) is 85.9 cm³/mol. The standard InChI is InChI=1S/C16H12Cl2N2O/c17-12-3-1-2-10(6-12)9-19-16(21)15-8-11-7-13(18)4-5-14(11)20-15/h1-8,20H,9H2,(H,19,21). The molecule has 0 aliphatic heterocycles. The highest BCUT2D eigenvalue weighted by atomic mass is 35.5. The Morgan fingerprint density at radius 2 is 1.86 bits per heavy atom. The monoisotopic (exact) mass is 318 g/mol. The number of carbonyl (C=O) groups excluding carboxylic acids is 1. The summed E-state index contributed by atoms with van der Waals surface area (Å²) in [6.45, 7) is 0.426. The smallest absolute Gasteiger partial charge is 0.267 e. The number of halogens is 2. The fraction of sp³-hybridized carbons (Fsp3) is 0.0625. The number of aromatic nitrogens is 1. The molecular weight excluding hydrogens is 307 g/mol. The lowest BCUT2D eigenvalue weighted by molar-refractivity contribution is 0.0947. The fourth-order valence-electron chi connectivity index (χ4n) is 2.15. The van der Waals surface area contributed by atoms with Crippen LogP contribution in [0.5, 0.6) is 0 Å². The molecule has 5 heteroatoms. The van der Waals surface area contributed by atoms with Crippen LogP contribution in [0.1, 0.15) is 16.1 Å². The molecule has 3 nitrogen and oxygen atoms in total. The first-order chi connectivity index (χ1) is 10.1. The summed E-state index contributed by atoms with van der Waals surface area (Å²) in [6, 6.07) is 14.6. The Labute approximate surface area is 131 Å². The molecule has 1 aromatic heterocycles. The van der Waals surface area contributed by atoms with Crippen molar-refractivity contribution >= 4 is 40.0 Å². The Balaban J connectivity index is 1.74. The van der Waals surface area contributed by atoms with Crippen molar-refractivity contribution in [2.45, 2.75) is 6.54 Å². The van der Waals surface area contributed by atoms with E-state index in [-0.39, 0.29) is 5.91 Å². The summed E-state index contributed by atoms with van der Waals surface area (Å²) in [6.07, 6.45) is 0. The van der Waals surface area contributed by atoms with Gasteiger partial charge < -0.3 is 10.3 Å². The van der Waals surface area contributed by atoms with E-state index in [1.807, 2.05) is 30.3 Å². The van der Waals surface area contributed by atoms with Gasteiger partial charge in [0.25, 0.3) is 5.91 Å². The van der Waals surface area contributed by atoms with Crippen molar-refractivity contribution in [3.63, 3.8) is 0 Å². The molecule has 2 aromatic carbocycles. The van der Waals surface area contributed by atoms with Gasteiger partial charge in [0, 0.05) is 27.5 Å². The second kappa shape index (κ2) is 5.80. The van der Waals surface area contributed by atoms with E-state index in [2.05, 4.69) is 10.3 Å². The molecule has 21 heavy (non-hydrogen) atoms. The van der Waals surface area contributed by atoms with Gasteiger partial charge >= 0.3 is 0 Å². The molecule has 1 heterocycles. The minimum atomic E-state index is -0.165. The van der Waals surface area contributed by atoms with E-state index in [1.54, 1.807) is 18.2 Å². The molecule has 0 fully saturated rings. The van der Waals surface area contributed by atoms with Crippen LogP contribution in [-0.2, 0) is 6.54 Å². The third-order valence-electron chi connectivity index (χ3n) is 3.17. The van der Waals surface area contributed by atoms with Gasteiger partial charge in [-0.15, -0.1) is 0 Å². The number of hydrogen-bond donors (Lipinski definition) is 2. The molecule has 0 radical (unpaired) electrons. The van der Waals surface area contributed by atoms with Gasteiger partial charge in [-0.1, -0.05) is 35.3 Å². The maximum absolute atomic E-state index is 12.1. The number of rotatable bonds is 3. The van der Waals surface area contributed by atoms with Crippen molar-refractivity contribution in [1.29, 1.82) is 0 Å². The summed E-state index contributed by atoms with van der Waals surface area (Å²) in [7, 11) is 0. The van der Waals surface area contributed by atoms with Gasteiger partial charge in [0.1, 0.15) is 5.69 Å². The van der Waals surface area contributed by atoms with Gasteiger partial charge in [0.2, 0.25) is 0 Å². The predicted octanol–water partition coefficient (Wildman–Crippen LogP) is 4.40. The molecule has 3 rings (SSSR count).